The number of hydrogen-bond acceptors (Lipinski definition) is 3. The van der Waals surface area contributed by atoms with E-state index < -0.39 is 0 Å². The highest BCUT2D eigenvalue weighted by Gasteiger charge is 2.10. The molecule has 2 aromatic carbocycles. The zero-order valence-electron chi connectivity index (χ0n) is 10.3. The second-order valence-corrected chi connectivity index (χ2v) is 3.77. The molecule has 0 N–H and O–H groups in total. The van der Waals surface area contributed by atoms with E-state index in [-0.39, 0.29) is 0 Å². The van der Waals surface area contributed by atoms with Gasteiger partial charge in [-0.15, -0.1) is 0 Å². The van der Waals surface area contributed by atoms with Crippen LogP contribution in [0.15, 0.2) is 42.5 Å². The molecule has 0 radical (unpaired) electrons. The van der Waals surface area contributed by atoms with E-state index in [0.717, 1.165) is 23.2 Å². The molecular formula is C15H14O3. The first-order valence-electron chi connectivity index (χ1n) is 5.56. The molecule has 0 spiro atoms. The first-order valence-corrected chi connectivity index (χ1v) is 5.56. The second kappa shape index (κ2) is 5.36. The second-order valence-electron chi connectivity index (χ2n) is 3.77. The molecule has 3 heteroatoms. The molecule has 0 aliphatic heterocycles. The fraction of sp³-hybridized carbons (Fsp3) is 0.133. The summed E-state index contributed by atoms with van der Waals surface area (Å²) in [5.41, 5.74) is 2.31. The monoisotopic (exact) mass is 242 g/mol. The Bertz CT molecular complexity index is 561. The maximum atomic E-state index is 11.2. The van der Waals surface area contributed by atoms with Gasteiger partial charge >= 0.3 is 0 Å². The van der Waals surface area contributed by atoms with Crippen LogP contribution in [0.5, 0.6) is 11.5 Å². The van der Waals surface area contributed by atoms with Gasteiger partial charge in [-0.2, -0.15) is 0 Å². The molecule has 18 heavy (non-hydrogen) atoms. The molecule has 2 rings (SSSR count). The highest BCUT2D eigenvalue weighted by molar-refractivity contribution is 5.91. The first-order chi connectivity index (χ1) is 8.80. The summed E-state index contributed by atoms with van der Waals surface area (Å²) in [4.78, 5) is 11.2. The van der Waals surface area contributed by atoms with Gasteiger partial charge in [-0.1, -0.05) is 24.3 Å². The van der Waals surface area contributed by atoms with Crippen LogP contribution < -0.4 is 9.47 Å². The van der Waals surface area contributed by atoms with Gasteiger partial charge in [0.15, 0.2) is 6.29 Å². The number of rotatable bonds is 4. The van der Waals surface area contributed by atoms with Crippen LogP contribution >= 0.6 is 0 Å². The summed E-state index contributed by atoms with van der Waals surface area (Å²) in [7, 11) is 3.17. The summed E-state index contributed by atoms with van der Waals surface area (Å²) >= 11 is 0. The summed E-state index contributed by atoms with van der Waals surface area (Å²) in [6.45, 7) is 0. The topological polar surface area (TPSA) is 35.5 Å². The van der Waals surface area contributed by atoms with Crippen LogP contribution in [-0.4, -0.2) is 20.5 Å². The fourth-order valence-corrected chi connectivity index (χ4v) is 1.89. The Kier molecular flexibility index (Phi) is 3.63. The number of ether oxygens (including phenoxy) is 2. The molecule has 92 valence electrons. The van der Waals surface area contributed by atoms with Crippen LogP contribution in [0.2, 0.25) is 0 Å². The van der Waals surface area contributed by atoms with Crippen molar-refractivity contribution >= 4 is 6.29 Å². The quantitative estimate of drug-likeness (QED) is 0.772. The van der Waals surface area contributed by atoms with E-state index in [4.69, 9.17) is 9.47 Å². The SMILES string of the molecule is COc1cccc(-c2cccc(OC)c2C=O)c1. The molecule has 0 fully saturated rings. The van der Waals surface area contributed by atoms with Gasteiger partial charge in [0, 0.05) is 0 Å². The Hall–Kier alpha value is -2.29. The van der Waals surface area contributed by atoms with Crippen LogP contribution in [0.1, 0.15) is 10.4 Å². The summed E-state index contributed by atoms with van der Waals surface area (Å²) in [5.74, 6) is 1.33. The predicted molar refractivity (Wildman–Crippen MR) is 70.4 cm³/mol. The lowest BCUT2D eigenvalue weighted by Crippen LogP contribution is -1.94. The van der Waals surface area contributed by atoms with Crippen molar-refractivity contribution in [3.05, 3.63) is 48.0 Å². The van der Waals surface area contributed by atoms with Gasteiger partial charge in [0.1, 0.15) is 11.5 Å². The Labute approximate surface area is 106 Å². The van der Waals surface area contributed by atoms with Crippen molar-refractivity contribution in [2.45, 2.75) is 0 Å². The minimum atomic E-state index is 0.549. The number of carbonyl (C=O) groups is 1. The average molecular weight is 242 g/mol. The third-order valence-corrected chi connectivity index (χ3v) is 2.78. The molecule has 3 nitrogen and oxygen atoms in total. The van der Waals surface area contributed by atoms with Gasteiger partial charge in [-0.25, -0.2) is 0 Å². The van der Waals surface area contributed by atoms with E-state index >= 15 is 0 Å². The van der Waals surface area contributed by atoms with Crippen molar-refractivity contribution in [3.8, 4) is 22.6 Å². The van der Waals surface area contributed by atoms with Gasteiger partial charge in [-0.05, 0) is 29.3 Å². The molecule has 0 aliphatic rings. The van der Waals surface area contributed by atoms with Crippen molar-refractivity contribution in [2.75, 3.05) is 14.2 Å². The lowest BCUT2D eigenvalue weighted by molar-refractivity contribution is 0.112. The minimum Gasteiger partial charge on any atom is -0.497 e. The maximum absolute atomic E-state index is 11.2. The van der Waals surface area contributed by atoms with Crippen molar-refractivity contribution in [1.82, 2.24) is 0 Å². The maximum Gasteiger partial charge on any atom is 0.154 e. The van der Waals surface area contributed by atoms with E-state index in [1.54, 1.807) is 20.3 Å². The minimum absolute atomic E-state index is 0.549. The Morgan fingerprint density at radius 1 is 1.00 bits per heavy atom. The molecule has 0 aromatic heterocycles. The lowest BCUT2D eigenvalue weighted by atomic mass is 9.99. The molecule has 2 aromatic rings. The first kappa shape index (κ1) is 12.2. The summed E-state index contributed by atoms with van der Waals surface area (Å²) in [5, 5.41) is 0. The van der Waals surface area contributed by atoms with E-state index in [1.807, 2.05) is 36.4 Å². The zero-order chi connectivity index (χ0) is 13.0. The van der Waals surface area contributed by atoms with Gasteiger partial charge in [0.2, 0.25) is 0 Å². The van der Waals surface area contributed by atoms with Crippen LogP contribution in [0.25, 0.3) is 11.1 Å². The Morgan fingerprint density at radius 2 is 1.78 bits per heavy atom. The predicted octanol–water partition coefficient (Wildman–Crippen LogP) is 3.18. The Balaban J connectivity index is 2.59. The van der Waals surface area contributed by atoms with Crippen LogP contribution in [0.4, 0.5) is 0 Å². The molecular weight excluding hydrogens is 228 g/mol. The van der Waals surface area contributed by atoms with Gasteiger partial charge in [-0.3, -0.25) is 4.79 Å². The van der Waals surface area contributed by atoms with Crippen molar-refractivity contribution < 1.29 is 14.3 Å². The lowest BCUT2D eigenvalue weighted by Gasteiger charge is -2.10. The summed E-state index contributed by atoms with van der Waals surface area (Å²) in [6, 6.07) is 13.1. The Morgan fingerprint density at radius 3 is 2.44 bits per heavy atom. The van der Waals surface area contributed by atoms with Crippen molar-refractivity contribution in [3.63, 3.8) is 0 Å². The number of methoxy groups -OCH3 is 2. The van der Waals surface area contributed by atoms with Crippen molar-refractivity contribution in [1.29, 1.82) is 0 Å². The van der Waals surface area contributed by atoms with E-state index in [0.29, 0.717) is 11.3 Å². The average Bonchev–Trinajstić information content (AvgIpc) is 2.46. The molecule has 0 unspecified atom stereocenters. The van der Waals surface area contributed by atoms with E-state index in [2.05, 4.69) is 0 Å². The standard InChI is InChI=1S/C15H14O3/c1-17-12-6-3-5-11(9-12)13-7-4-8-15(18-2)14(13)10-16/h3-10H,1-2H3. The number of aldehydes is 1. The highest BCUT2D eigenvalue weighted by Crippen LogP contribution is 2.31. The molecule has 0 amide bonds. The molecule has 0 aliphatic carbocycles. The number of carbonyl (C=O) groups excluding carboxylic acids is 1. The molecule has 0 saturated carbocycles. The van der Waals surface area contributed by atoms with E-state index in [1.165, 1.54) is 0 Å². The smallest absolute Gasteiger partial charge is 0.154 e. The van der Waals surface area contributed by atoms with Crippen LogP contribution in [0.3, 0.4) is 0 Å². The summed E-state index contributed by atoms with van der Waals surface area (Å²) in [6.07, 6.45) is 0.813. The molecule has 0 saturated heterocycles. The van der Waals surface area contributed by atoms with Gasteiger partial charge in [0.25, 0.3) is 0 Å². The van der Waals surface area contributed by atoms with Gasteiger partial charge in [0.05, 0.1) is 19.8 Å². The summed E-state index contributed by atoms with van der Waals surface area (Å²) < 4.78 is 10.4. The van der Waals surface area contributed by atoms with Crippen LogP contribution in [0, 0.1) is 0 Å². The molecule has 0 bridgehead atoms. The molecule has 0 heterocycles. The fourth-order valence-electron chi connectivity index (χ4n) is 1.89. The molecule has 0 atom stereocenters. The largest absolute Gasteiger partial charge is 0.497 e. The third kappa shape index (κ3) is 2.20. The van der Waals surface area contributed by atoms with Crippen LogP contribution in [-0.2, 0) is 0 Å². The number of hydrogen-bond donors (Lipinski definition) is 0. The zero-order valence-corrected chi connectivity index (χ0v) is 10.3. The van der Waals surface area contributed by atoms with Crippen molar-refractivity contribution in [2.24, 2.45) is 0 Å². The van der Waals surface area contributed by atoms with Gasteiger partial charge < -0.3 is 9.47 Å². The van der Waals surface area contributed by atoms with E-state index in [9.17, 15) is 4.79 Å². The highest BCUT2D eigenvalue weighted by atomic mass is 16.5. The number of benzene rings is 2. The third-order valence-electron chi connectivity index (χ3n) is 2.78. The normalized spacial score (nSPS) is 9.89.